The first kappa shape index (κ1) is 30.6. The fourth-order valence-corrected chi connectivity index (χ4v) is 5.59. The van der Waals surface area contributed by atoms with E-state index >= 15 is 0 Å². The van der Waals surface area contributed by atoms with Gasteiger partial charge in [0.05, 0.1) is 36.9 Å². The van der Waals surface area contributed by atoms with Crippen molar-refractivity contribution < 1.29 is 19.3 Å². The van der Waals surface area contributed by atoms with Gasteiger partial charge in [0, 0.05) is 36.7 Å². The van der Waals surface area contributed by atoms with Crippen LogP contribution in [0.5, 0.6) is 0 Å². The summed E-state index contributed by atoms with van der Waals surface area (Å²) >= 11 is 0. The van der Waals surface area contributed by atoms with Crippen LogP contribution in [0.2, 0.25) is 0 Å². The summed E-state index contributed by atoms with van der Waals surface area (Å²) in [6.45, 7) is 0. The first-order valence-electron chi connectivity index (χ1n) is 13.5. The summed E-state index contributed by atoms with van der Waals surface area (Å²) in [5, 5.41) is 47.9. The van der Waals surface area contributed by atoms with Gasteiger partial charge in [0.25, 0.3) is 11.7 Å². The molecular formula is C30H33N7O6. The summed E-state index contributed by atoms with van der Waals surface area (Å²) in [5.41, 5.74) is 7.40. The number of nitrogens with zero attached hydrogens (tertiary/aromatic N) is 6. The lowest BCUT2D eigenvalue weighted by Crippen LogP contribution is -2.54. The number of nitrogens with two attached hydrogens (primary N) is 1. The molecule has 3 aromatic rings. The van der Waals surface area contributed by atoms with E-state index in [0.29, 0.717) is 11.4 Å². The highest BCUT2D eigenvalue weighted by molar-refractivity contribution is 6.07. The van der Waals surface area contributed by atoms with Gasteiger partial charge in [-0.2, -0.15) is 4.90 Å². The number of amidine groups is 2. The van der Waals surface area contributed by atoms with Gasteiger partial charge in [0.2, 0.25) is 11.5 Å². The predicted octanol–water partition coefficient (Wildman–Crippen LogP) is 3.32. The van der Waals surface area contributed by atoms with Crippen molar-refractivity contribution in [3.05, 3.63) is 132 Å². The molecule has 3 aromatic carbocycles. The van der Waals surface area contributed by atoms with Crippen molar-refractivity contribution in [2.75, 3.05) is 28.2 Å². The lowest BCUT2D eigenvalue weighted by Gasteiger charge is -2.42. The summed E-state index contributed by atoms with van der Waals surface area (Å²) < 4.78 is 1.94. The Morgan fingerprint density at radius 2 is 1.51 bits per heavy atom. The molecule has 0 saturated carbocycles. The highest BCUT2D eigenvalue weighted by atomic mass is 16.8. The quantitative estimate of drug-likeness (QED) is 0.118. The normalized spacial score (nSPS) is 20.0. The third-order valence-corrected chi connectivity index (χ3v) is 7.62. The van der Waals surface area contributed by atoms with E-state index in [2.05, 4.69) is 17.1 Å². The summed E-state index contributed by atoms with van der Waals surface area (Å²) in [4.78, 5) is 28.0. The van der Waals surface area contributed by atoms with Crippen molar-refractivity contribution in [3.63, 3.8) is 0 Å². The number of benzene rings is 3. The summed E-state index contributed by atoms with van der Waals surface area (Å²) in [6.07, 6.45) is 0.827. The second kappa shape index (κ2) is 12.7. The zero-order chi connectivity index (χ0) is 31.4. The van der Waals surface area contributed by atoms with Crippen LogP contribution in [0.25, 0.3) is 0 Å². The van der Waals surface area contributed by atoms with Crippen molar-refractivity contribution in [1.82, 2.24) is 4.90 Å². The van der Waals surface area contributed by atoms with Crippen LogP contribution in [0.15, 0.2) is 83.9 Å². The van der Waals surface area contributed by atoms with Crippen LogP contribution in [-0.2, 0) is 6.42 Å². The molecule has 2 N–H and O–H groups in total. The summed E-state index contributed by atoms with van der Waals surface area (Å²) in [6, 6.07) is 20.2. The molecule has 1 heterocycles. The second-order valence-corrected chi connectivity index (χ2v) is 10.7. The number of hydrogen-bond donors (Lipinski definition) is 1. The lowest BCUT2D eigenvalue weighted by molar-refractivity contribution is -0.536. The molecule has 13 heteroatoms. The summed E-state index contributed by atoms with van der Waals surface area (Å²) in [7, 11) is 7.35. The van der Waals surface area contributed by atoms with Crippen molar-refractivity contribution >= 4 is 23.1 Å². The van der Waals surface area contributed by atoms with Crippen LogP contribution < -0.4 is 5.73 Å². The Labute approximate surface area is 248 Å². The SMILES string of the molecule is CN(C)C1=NC2c3cc([N+](=O)[O-])ccc3C(=[N+]([O-])[O-])C(C1c1ccccc1)C2[N+](=O)[O-].C[N+](C)=C(N)Cc1ccccc1. The van der Waals surface area contributed by atoms with Gasteiger partial charge >= 0.3 is 0 Å². The van der Waals surface area contributed by atoms with Crippen molar-refractivity contribution in [1.29, 1.82) is 0 Å². The summed E-state index contributed by atoms with van der Waals surface area (Å²) in [5.74, 6) is -0.468. The smallest absolute Gasteiger partial charge is 0.269 e. The van der Waals surface area contributed by atoms with Crippen LogP contribution >= 0.6 is 0 Å². The first-order valence-corrected chi connectivity index (χ1v) is 13.5. The van der Waals surface area contributed by atoms with Crippen LogP contribution in [0.4, 0.5) is 5.69 Å². The Morgan fingerprint density at radius 3 is 2.02 bits per heavy atom. The standard InChI is InChI=1S/C20H18N5O6.C10H14N2/c1-22(2)20-15(11-6-4-3-5-7-11)16-18(24(28)29)13-9-8-12(23(26)27)10-14(13)17(21-20)19(16)25(30)31;1-12(2)10(11)8-9-6-4-3-5-7-9/h3-10,15-17,19H,1-2H3;3-7,11H,8H2,1-2H3/q-1;/p+1. The minimum atomic E-state index is -1.43. The minimum absolute atomic E-state index is 0.129. The van der Waals surface area contributed by atoms with Gasteiger partial charge in [0.1, 0.15) is 17.8 Å². The Morgan fingerprint density at radius 1 is 0.907 bits per heavy atom. The third-order valence-electron chi connectivity index (χ3n) is 7.62. The maximum atomic E-state index is 12.2. The number of aliphatic imine (C=N–C) groups is 1. The molecule has 13 nitrogen and oxygen atoms in total. The van der Waals surface area contributed by atoms with Crippen molar-refractivity contribution in [2.24, 2.45) is 16.6 Å². The topological polar surface area (TPSA) is 180 Å². The molecule has 1 aliphatic heterocycles. The van der Waals surface area contributed by atoms with Crippen LogP contribution in [0.3, 0.4) is 0 Å². The first-order chi connectivity index (χ1) is 20.4. The Balaban J connectivity index is 0.000000296. The molecule has 0 spiro atoms. The van der Waals surface area contributed by atoms with E-state index in [1.54, 1.807) is 49.3 Å². The Bertz CT molecular complexity index is 1600. The van der Waals surface area contributed by atoms with Gasteiger partial charge in [-0.15, -0.1) is 0 Å². The number of hydrogen-bond acceptors (Lipinski definition) is 8. The Hall–Kier alpha value is -5.33. The maximum Gasteiger partial charge on any atom is 0.269 e. The molecule has 43 heavy (non-hydrogen) atoms. The van der Waals surface area contributed by atoms with E-state index < -0.39 is 38.7 Å². The molecular weight excluding hydrogens is 554 g/mol. The molecule has 0 aromatic heterocycles. The van der Waals surface area contributed by atoms with Gasteiger partial charge in [-0.1, -0.05) is 60.7 Å². The fourth-order valence-electron chi connectivity index (χ4n) is 5.59. The number of nitro groups is 2. The van der Waals surface area contributed by atoms with E-state index in [0.717, 1.165) is 18.3 Å². The monoisotopic (exact) mass is 587 g/mol. The van der Waals surface area contributed by atoms with E-state index in [1.807, 2.05) is 36.9 Å². The molecule has 224 valence electrons. The van der Waals surface area contributed by atoms with Gasteiger partial charge < -0.3 is 15.3 Å². The average Bonchev–Trinajstić information content (AvgIpc) is 2.97. The van der Waals surface area contributed by atoms with E-state index in [-0.39, 0.29) is 22.5 Å². The van der Waals surface area contributed by atoms with E-state index in [1.165, 1.54) is 17.7 Å². The lowest BCUT2D eigenvalue weighted by atomic mass is 9.66. The highest BCUT2D eigenvalue weighted by Crippen LogP contribution is 2.49. The molecule has 4 atom stereocenters. The molecule has 2 bridgehead atoms. The largest absolute Gasteiger partial charge is 0.612 e. The molecule has 0 amide bonds. The zero-order valence-corrected chi connectivity index (χ0v) is 24.2. The van der Waals surface area contributed by atoms with Crippen molar-refractivity contribution in [2.45, 2.75) is 24.4 Å². The molecule has 5 rings (SSSR count). The maximum absolute atomic E-state index is 12.2. The zero-order valence-electron chi connectivity index (χ0n) is 24.2. The van der Waals surface area contributed by atoms with Gasteiger partial charge in [0.15, 0.2) is 0 Å². The van der Waals surface area contributed by atoms with Gasteiger partial charge in [-0.05, 0) is 17.2 Å². The predicted molar refractivity (Wildman–Crippen MR) is 163 cm³/mol. The second-order valence-electron chi connectivity index (χ2n) is 10.7. The van der Waals surface area contributed by atoms with E-state index in [9.17, 15) is 30.6 Å². The highest BCUT2D eigenvalue weighted by Gasteiger charge is 2.59. The van der Waals surface area contributed by atoms with Crippen LogP contribution in [-0.4, -0.2) is 75.8 Å². The number of rotatable bonds is 5. The molecule has 1 aliphatic carbocycles. The van der Waals surface area contributed by atoms with E-state index in [4.69, 9.17) is 5.73 Å². The molecule has 0 saturated heterocycles. The number of fused-ring (bicyclic) bond motifs is 4. The molecule has 4 unspecified atom stereocenters. The van der Waals surface area contributed by atoms with Crippen LogP contribution in [0.1, 0.15) is 34.2 Å². The number of non-ortho nitro benzene ring substituents is 1. The van der Waals surface area contributed by atoms with Crippen LogP contribution in [0, 0.1) is 36.6 Å². The average molecular weight is 588 g/mol. The molecule has 0 fully saturated rings. The van der Waals surface area contributed by atoms with Gasteiger partial charge in [-0.25, -0.2) is 0 Å². The van der Waals surface area contributed by atoms with Crippen molar-refractivity contribution in [3.8, 4) is 0 Å². The molecule has 2 aliphatic rings. The fraction of sp³-hybridized carbons (Fsp3) is 0.300. The van der Waals surface area contributed by atoms with Gasteiger partial charge in [-0.3, -0.25) is 35.5 Å². The minimum Gasteiger partial charge on any atom is -0.612 e. The Kier molecular flexibility index (Phi) is 9.03. The molecule has 0 radical (unpaired) electrons. The number of likely N-dealkylation sites (N-methyl/N-ethyl adjacent to an activating group) is 1. The number of nitro benzene ring substituents is 1. The third kappa shape index (κ3) is 6.30.